The van der Waals surface area contributed by atoms with Crippen LogP contribution in [0.15, 0.2) is 12.4 Å². The van der Waals surface area contributed by atoms with Crippen LogP contribution in [-0.2, 0) is 0 Å². The molecule has 0 amide bonds. The molecule has 1 aromatic heterocycles. The maximum atomic E-state index is 4.53. The second-order valence-electron chi connectivity index (χ2n) is 6.64. The van der Waals surface area contributed by atoms with Gasteiger partial charge < -0.3 is 10.2 Å². The largest absolute Gasteiger partial charge is 0.363 e. The molecule has 2 saturated heterocycles. The minimum atomic E-state index is 0.447. The molecule has 3 heterocycles. The number of hydrogen-bond donors (Lipinski definition) is 1. The second-order valence-corrected chi connectivity index (χ2v) is 6.64. The lowest BCUT2D eigenvalue weighted by Gasteiger charge is -2.50. The summed E-state index contributed by atoms with van der Waals surface area (Å²) >= 11 is 0. The highest BCUT2D eigenvalue weighted by Gasteiger charge is 2.38. The number of anilines is 1. The Kier molecular flexibility index (Phi) is 4.01. The van der Waals surface area contributed by atoms with E-state index in [4.69, 9.17) is 0 Å². The van der Waals surface area contributed by atoms with Crippen LogP contribution in [0, 0.1) is 0 Å². The van der Waals surface area contributed by atoms with E-state index in [1.807, 2.05) is 0 Å². The molecule has 2 aliphatic rings. The average Bonchev–Trinajstić information content (AvgIpc) is 2.87. The standard InChI is InChI=1S/C16H28N4/c1-4-17-13-8-14-6-5-7-15(9-13)20(14)16-10-18-19(11-16)12(2)3/h10-15,17H,4-9H2,1-3H3. The Labute approximate surface area is 122 Å². The summed E-state index contributed by atoms with van der Waals surface area (Å²) < 4.78 is 2.08. The first-order valence-electron chi connectivity index (χ1n) is 8.25. The zero-order valence-electron chi connectivity index (χ0n) is 13.0. The Bertz CT molecular complexity index is 425. The predicted molar refractivity (Wildman–Crippen MR) is 83.2 cm³/mol. The van der Waals surface area contributed by atoms with Crippen molar-refractivity contribution in [2.45, 2.75) is 77.0 Å². The van der Waals surface area contributed by atoms with Crippen LogP contribution in [0.25, 0.3) is 0 Å². The molecular formula is C16H28N4. The fourth-order valence-corrected chi connectivity index (χ4v) is 4.00. The van der Waals surface area contributed by atoms with Gasteiger partial charge in [-0.2, -0.15) is 5.10 Å². The number of rotatable bonds is 4. The summed E-state index contributed by atoms with van der Waals surface area (Å²) in [6, 6.07) is 2.57. The van der Waals surface area contributed by atoms with E-state index < -0.39 is 0 Å². The summed E-state index contributed by atoms with van der Waals surface area (Å²) in [4.78, 5) is 2.67. The Morgan fingerprint density at radius 3 is 2.55 bits per heavy atom. The van der Waals surface area contributed by atoms with E-state index in [2.05, 4.69) is 53.2 Å². The maximum absolute atomic E-state index is 4.53. The molecule has 0 saturated carbocycles. The van der Waals surface area contributed by atoms with Crippen molar-refractivity contribution in [2.24, 2.45) is 0 Å². The minimum absolute atomic E-state index is 0.447. The minimum Gasteiger partial charge on any atom is -0.363 e. The van der Waals surface area contributed by atoms with E-state index >= 15 is 0 Å². The quantitative estimate of drug-likeness (QED) is 0.918. The molecule has 1 aromatic rings. The molecule has 20 heavy (non-hydrogen) atoms. The lowest BCUT2D eigenvalue weighted by molar-refractivity contribution is 0.247. The van der Waals surface area contributed by atoms with Gasteiger partial charge in [0.2, 0.25) is 0 Å². The van der Waals surface area contributed by atoms with Crippen molar-refractivity contribution in [1.82, 2.24) is 15.1 Å². The number of hydrogen-bond acceptors (Lipinski definition) is 3. The molecule has 0 aliphatic carbocycles. The lowest BCUT2D eigenvalue weighted by Crippen LogP contribution is -2.56. The summed E-state index contributed by atoms with van der Waals surface area (Å²) in [5, 5.41) is 8.19. The van der Waals surface area contributed by atoms with Crippen LogP contribution >= 0.6 is 0 Å². The van der Waals surface area contributed by atoms with E-state index in [0.717, 1.165) is 6.54 Å². The smallest absolute Gasteiger partial charge is 0.0757 e. The number of fused-ring (bicyclic) bond motifs is 2. The first-order valence-corrected chi connectivity index (χ1v) is 8.25. The van der Waals surface area contributed by atoms with Gasteiger partial charge in [-0.1, -0.05) is 6.92 Å². The zero-order chi connectivity index (χ0) is 14.1. The van der Waals surface area contributed by atoms with E-state index in [1.165, 1.54) is 37.8 Å². The monoisotopic (exact) mass is 276 g/mol. The van der Waals surface area contributed by atoms with E-state index in [-0.39, 0.29) is 0 Å². The highest BCUT2D eigenvalue weighted by atomic mass is 15.3. The molecule has 112 valence electrons. The van der Waals surface area contributed by atoms with Crippen molar-refractivity contribution in [3.05, 3.63) is 12.4 Å². The van der Waals surface area contributed by atoms with Gasteiger partial charge in [-0.05, 0) is 52.5 Å². The molecule has 1 N–H and O–H groups in total. The van der Waals surface area contributed by atoms with Gasteiger partial charge in [-0.3, -0.25) is 4.68 Å². The van der Waals surface area contributed by atoms with Gasteiger partial charge in [-0.25, -0.2) is 0 Å². The first kappa shape index (κ1) is 13.9. The molecule has 0 radical (unpaired) electrons. The van der Waals surface area contributed by atoms with Crippen molar-refractivity contribution >= 4 is 5.69 Å². The third-order valence-electron chi connectivity index (χ3n) is 4.88. The van der Waals surface area contributed by atoms with Crippen molar-refractivity contribution in [1.29, 1.82) is 0 Å². The third-order valence-corrected chi connectivity index (χ3v) is 4.88. The SMILES string of the molecule is CCNC1CC2CCCC(C1)N2c1cnn(C(C)C)c1. The molecule has 2 unspecified atom stereocenters. The molecule has 2 fully saturated rings. The number of aromatic nitrogens is 2. The van der Waals surface area contributed by atoms with Crippen LogP contribution in [0.1, 0.15) is 58.9 Å². The summed E-state index contributed by atoms with van der Waals surface area (Å²) in [5.74, 6) is 0. The normalized spacial score (nSPS) is 30.0. The van der Waals surface area contributed by atoms with Crippen LogP contribution in [0.4, 0.5) is 5.69 Å². The van der Waals surface area contributed by atoms with Gasteiger partial charge in [0.1, 0.15) is 0 Å². The summed E-state index contributed by atoms with van der Waals surface area (Å²) in [6.07, 6.45) is 11.0. The molecule has 3 rings (SSSR count). The number of nitrogens with zero attached hydrogens (tertiary/aromatic N) is 3. The van der Waals surface area contributed by atoms with Crippen molar-refractivity contribution in [3.8, 4) is 0 Å². The number of piperidine rings is 2. The van der Waals surface area contributed by atoms with Gasteiger partial charge in [0.25, 0.3) is 0 Å². The average molecular weight is 276 g/mol. The molecule has 2 aliphatic heterocycles. The molecular weight excluding hydrogens is 248 g/mol. The van der Waals surface area contributed by atoms with Crippen LogP contribution in [0.3, 0.4) is 0 Å². The highest BCUT2D eigenvalue weighted by molar-refractivity contribution is 5.46. The molecule has 2 bridgehead atoms. The van der Waals surface area contributed by atoms with E-state index in [9.17, 15) is 0 Å². The van der Waals surface area contributed by atoms with Crippen molar-refractivity contribution in [3.63, 3.8) is 0 Å². The second kappa shape index (κ2) is 5.76. The fraction of sp³-hybridized carbons (Fsp3) is 0.812. The molecule has 0 spiro atoms. The van der Waals surface area contributed by atoms with Gasteiger partial charge in [0.05, 0.1) is 11.9 Å². The molecule has 4 nitrogen and oxygen atoms in total. The highest BCUT2D eigenvalue weighted by Crippen LogP contribution is 2.37. The number of nitrogens with one attached hydrogen (secondary N) is 1. The van der Waals surface area contributed by atoms with Gasteiger partial charge in [-0.15, -0.1) is 0 Å². The van der Waals surface area contributed by atoms with Gasteiger partial charge in [0, 0.05) is 30.4 Å². The van der Waals surface area contributed by atoms with Crippen molar-refractivity contribution in [2.75, 3.05) is 11.4 Å². The Balaban J connectivity index is 1.78. The first-order chi connectivity index (χ1) is 9.69. The Morgan fingerprint density at radius 1 is 1.30 bits per heavy atom. The molecule has 0 aromatic carbocycles. The van der Waals surface area contributed by atoms with Crippen LogP contribution in [0.2, 0.25) is 0 Å². The van der Waals surface area contributed by atoms with E-state index in [0.29, 0.717) is 24.2 Å². The van der Waals surface area contributed by atoms with Crippen LogP contribution < -0.4 is 10.2 Å². The zero-order valence-corrected chi connectivity index (χ0v) is 13.0. The molecule has 2 atom stereocenters. The summed E-state index contributed by atoms with van der Waals surface area (Å²) in [6.45, 7) is 7.69. The topological polar surface area (TPSA) is 33.1 Å². The van der Waals surface area contributed by atoms with E-state index in [1.54, 1.807) is 0 Å². The summed E-state index contributed by atoms with van der Waals surface area (Å²) in [7, 11) is 0. The van der Waals surface area contributed by atoms with Crippen LogP contribution in [0.5, 0.6) is 0 Å². The van der Waals surface area contributed by atoms with Crippen molar-refractivity contribution < 1.29 is 0 Å². The fourth-order valence-electron chi connectivity index (χ4n) is 4.00. The lowest BCUT2D eigenvalue weighted by atomic mass is 9.81. The Hall–Kier alpha value is -1.03. The Morgan fingerprint density at radius 2 is 2.00 bits per heavy atom. The maximum Gasteiger partial charge on any atom is 0.0757 e. The molecule has 4 heteroatoms. The van der Waals surface area contributed by atoms with Gasteiger partial charge in [0.15, 0.2) is 0 Å². The third kappa shape index (κ3) is 2.58. The van der Waals surface area contributed by atoms with Crippen LogP contribution in [-0.4, -0.2) is 34.5 Å². The van der Waals surface area contributed by atoms with Gasteiger partial charge >= 0.3 is 0 Å². The summed E-state index contributed by atoms with van der Waals surface area (Å²) in [5.41, 5.74) is 1.34. The predicted octanol–water partition coefficient (Wildman–Crippen LogP) is 2.96.